The molecule has 0 atom stereocenters. The third-order valence-electron chi connectivity index (χ3n) is 2.06. The second-order valence-electron chi connectivity index (χ2n) is 3.13. The lowest BCUT2D eigenvalue weighted by Gasteiger charge is -2.08. The van der Waals surface area contributed by atoms with Crippen molar-refractivity contribution in [3.05, 3.63) is 17.0 Å². The molecule has 0 radical (unpaired) electrons. The standard InChI is InChI=1S/C8H12F3N3/c1-5-7(3-12)6(2)14(13-5)4-8(9,10)11/h3-4,12H2,1-2H3. The first-order chi connectivity index (χ1) is 6.35. The molecule has 0 aliphatic rings. The molecule has 0 saturated heterocycles. The van der Waals surface area contributed by atoms with Crippen molar-refractivity contribution in [2.75, 3.05) is 0 Å². The largest absolute Gasteiger partial charge is 0.408 e. The Bertz CT molecular complexity index is 327. The Morgan fingerprint density at radius 2 is 1.93 bits per heavy atom. The van der Waals surface area contributed by atoms with E-state index in [0.717, 1.165) is 4.68 Å². The molecule has 2 N–H and O–H groups in total. The van der Waals surface area contributed by atoms with Crippen LogP contribution in [-0.2, 0) is 13.1 Å². The molecule has 0 aliphatic carbocycles. The molecule has 1 aromatic heterocycles. The molecule has 0 fully saturated rings. The molecule has 1 heterocycles. The highest BCUT2D eigenvalue weighted by molar-refractivity contribution is 5.24. The van der Waals surface area contributed by atoms with Crippen LogP contribution in [0.25, 0.3) is 0 Å². The molecule has 1 rings (SSSR count). The van der Waals surface area contributed by atoms with Gasteiger partial charge in [0, 0.05) is 17.8 Å². The van der Waals surface area contributed by atoms with Crippen LogP contribution in [0.4, 0.5) is 13.2 Å². The summed E-state index contributed by atoms with van der Waals surface area (Å²) in [6, 6.07) is 0. The van der Waals surface area contributed by atoms with Gasteiger partial charge in [-0.1, -0.05) is 0 Å². The zero-order chi connectivity index (χ0) is 10.9. The third-order valence-corrected chi connectivity index (χ3v) is 2.06. The third kappa shape index (κ3) is 2.25. The van der Waals surface area contributed by atoms with Gasteiger partial charge in [0.2, 0.25) is 0 Å². The minimum absolute atomic E-state index is 0.218. The first-order valence-corrected chi connectivity index (χ1v) is 4.15. The number of hydrogen-bond acceptors (Lipinski definition) is 2. The van der Waals surface area contributed by atoms with Crippen molar-refractivity contribution in [3.63, 3.8) is 0 Å². The maximum Gasteiger partial charge on any atom is 0.408 e. The molecule has 0 saturated carbocycles. The Balaban J connectivity index is 3.00. The summed E-state index contributed by atoms with van der Waals surface area (Å²) in [7, 11) is 0. The van der Waals surface area contributed by atoms with Crippen LogP contribution in [0.1, 0.15) is 17.0 Å². The molecule has 0 aliphatic heterocycles. The van der Waals surface area contributed by atoms with Crippen molar-refractivity contribution in [1.82, 2.24) is 9.78 Å². The fourth-order valence-electron chi connectivity index (χ4n) is 1.35. The molecule has 0 spiro atoms. The Labute approximate surface area is 79.7 Å². The summed E-state index contributed by atoms with van der Waals surface area (Å²) in [6.45, 7) is 2.41. The molecule has 0 amide bonds. The average molecular weight is 207 g/mol. The number of halogens is 3. The fraction of sp³-hybridized carbons (Fsp3) is 0.625. The van der Waals surface area contributed by atoms with Gasteiger partial charge < -0.3 is 5.73 Å². The van der Waals surface area contributed by atoms with Crippen LogP contribution < -0.4 is 5.73 Å². The molecule has 3 nitrogen and oxygen atoms in total. The van der Waals surface area contributed by atoms with Gasteiger partial charge in [-0.25, -0.2) is 0 Å². The number of hydrogen-bond donors (Lipinski definition) is 1. The molecular weight excluding hydrogens is 195 g/mol. The SMILES string of the molecule is Cc1nn(CC(F)(F)F)c(C)c1CN. The lowest BCUT2D eigenvalue weighted by atomic mass is 10.2. The molecular formula is C8H12F3N3. The smallest absolute Gasteiger partial charge is 0.326 e. The fourth-order valence-corrected chi connectivity index (χ4v) is 1.35. The quantitative estimate of drug-likeness (QED) is 0.799. The van der Waals surface area contributed by atoms with E-state index in [1.165, 1.54) is 0 Å². The summed E-state index contributed by atoms with van der Waals surface area (Å²) in [4.78, 5) is 0. The van der Waals surface area contributed by atoms with E-state index in [9.17, 15) is 13.2 Å². The second kappa shape index (κ2) is 3.61. The van der Waals surface area contributed by atoms with Crippen LogP contribution in [0.15, 0.2) is 0 Å². The predicted octanol–water partition coefficient (Wildman–Crippen LogP) is 1.52. The summed E-state index contributed by atoms with van der Waals surface area (Å²) in [5.74, 6) is 0. The highest BCUT2D eigenvalue weighted by Crippen LogP contribution is 2.20. The average Bonchev–Trinajstić information content (AvgIpc) is 2.24. The Morgan fingerprint density at radius 1 is 1.36 bits per heavy atom. The predicted molar refractivity (Wildman–Crippen MR) is 45.6 cm³/mol. The van der Waals surface area contributed by atoms with E-state index in [2.05, 4.69) is 5.10 Å². The van der Waals surface area contributed by atoms with Crippen molar-refractivity contribution in [1.29, 1.82) is 0 Å². The first-order valence-electron chi connectivity index (χ1n) is 4.15. The van der Waals surface area contributed by atoms with E-state index in [0.29, 0.717) is 17.0 Å². The van der Waals surface area contributed by atoms with Crippen LogP contribution in [-0.4, -0.2) is 16.0 Å². The number of nitrogens with two attached hydrogens (primary N) is 1. The molecule has 0 bridgehead atoms. The van der Waals surface area contributed by atoms with Gasteiger partial charge in [0.05, 0.1) is 5.69 Å². The summed E-state index contributed by atoms with van der Waals surface area (Å²) < 4.78 is 37.2. The van der Waals surface area contributed by atoms with E-state index >= 15 is 0 Å². The maximum atomic E-state index is 12.1. The number of aromatic nitrogens is 2. The molecule has 1 aromatic rings. The Kier molecular flexibility index (Phi) is 2.84. The topological polar surface area (TPSA) is 43.8 Å². The Morgan fingerprint density at radius 3 is 2.29 bits per heavy atom. The zero-order valence-corrected chi connectivity index (χ0v) is 8.02. The highest BCUT2D eigenvalue weighted by Gasteiger charge is 2.29. The monoisotopic (exact) mass is 207 g/mol. The lowest BCUT2D eigenvalue weighted by Crippen LogP contribution is -2.19. The van der Waals surface area contributed by atoms with Crippen molar-refractivity contribution in [3.8, 4) is 0 Å². The Hall–Kier alpha value is -1.04. The van der Waals surface area contributed by atoms with Crippen LogP contribution in [0.5, 0.6) is 0 Å². The molecule has 0 unspecified atom stereocenters. The normalized spacial score (nSPS) is 12.1. The minimum atomic E-state index is -4.24. The summed E-state index contributed by atoms with van der Waals surface area (Å²) >= 11 is 0. The van der Waals surface area contributed by atoms with Crippen LogP contribution in [0.3, 0.4) is 0 Å². The van der Waals surface area contributed by atoms with Crippen molar-refractivity contribution < 1.29 is 13.2 Å². The number of aryl methyl sites for hydroxylation is 1. The summed E-state index contributed by atoms with van der Waals surface area (Å²) in [5.41, 5.74) is 7.14. The van der Waals surface area contributed by atoms with Crippen LogP contribution in [0, 0.1) is 13.8 Å². The van der Waals surface area contributed by atoms with Gasteiger partial charge in [-0.2, -0.15) is 18.3 Å². The van der Waals surface area contributed by atoms with Crippen molar-refractivity contribution in [2.24, 2.45) is 5.73 Å². The van der Waals surface area contributed by atoms with Crippen molar-refractivity contribution in [2.45, 2.75) is 33.1 Å². The second-order valence-corrected chi connectivity index (χ2v) is 3.13. The van der Waals surface area contributed by atoms with Crippen LogP contribution >= 0.6 is 0 Å². The van der Waals surface area contributed by atoms with Gasteiger partial charge in [-0.15, -0.1) is 0 Å². The van der Waals surface area contributed by atoms with Gasteiger partial charge in [-0.05, 0) is 13.8 Å². The number of nitrogens with zero attached hydrogens (tertiary/aromatic N) is 2. The first kappa shape index (κ1) is 11.0. The molecule has 80 valence electrons. The summed E-state index contributed by atoms with van der Waals surface area (Å²) in [6.07, 6.45) is -4.24. The van der Waals surface area contributed by atoms with Gasteiger partial charge >= 0.3 is 6.18 Å². The number of alkyl halides is 3. The highest BCUT2D eigenvalue weighted by atomic mass is 19.4. The van der Waals surface area contributed by atoms with E-state index in [-0.39, 0.29) is 6.54 Å². The molecule has 6 heteroatoms. The van der Waals surface area contributed by atoms with E-state index in [1.807, 2.05) is 0 Å². The van der Waals surface area contributed by atoms with Crippen LogP contribution in [0.2, 0.25) is 0 Å². The van der Waals surface area contributed by atoms with E-state index in [1.54, 1.807) is 13.8 Å². The van der Waals surface area contributed by atoms with Gasteiger partial charge in [0.1, 0.15) is 6.54 Å². The van der Waals surface area contributed by atoms with Gasteiger partial charge in [-0.3, -0.25) is 4.68 Å². The summed E-state index contributed by atoms with van der Waals surface area (Å²) in [5, 5.41) is 3.78. The maximum absolute atomic E-state index is 12.1. The zero-order valence-electron chi connectivity index (χ0n) is 8.02. The van der Waals surface area contributed by atoms with Gasteiger partial charge in [0.25, 0.3) is 0 Å². The molecule has 14 heavy (non-hydrogen) atoms. The molecule has 0 aromatic carbocycles. The van der Waals surface area contributed by atoms with E-state index < -0.39 is 12.7 Å². The van der Waals surface area contributed by atoms with Gasteiger partial charge in [0.15, 0.2) is 0 Å². The van der Waals surface area contributed by atoms with Crippen molar-refractivity contribution >= 4 is 0 Å². The lowest BCUT2D eigenvalue weighted by molar-refractivity contribution is -0.142. The minimum Gasteiger partial charge on any atom is -0.326 e. The number of rotatable bonds is 2. The van der Waals surface area contributed by atoms with E-state index in [4.69, 9.17) is 5.73 Å².